The van der Waals surface area contributed by atoms with E-state index in [0.717, 1.165) is 25.1 Å². The first-order valence-electron chi connectivity index (χ1n) is 7.45. The molecule has 4 N–H and O–H groups in total. The van der Waals surface area contributed by atoms with Crippen molar-refractivity contribution in [2.75, 3.05) is 18.4 Å². The lowest BCUT2D eigenvalue weighted by atomic mass is 10.0. The van der Waals surface area contributed by atoms with E-state index in [2.05, 4.69) is 17.0 Å². The topological polar surface area (TPSA) is 84.2 Å². The Bertz CT molecular complexity index is 512. The lowest BCUT2D eigenvalue weighted by Gasteiger charge is -2.16. The van der Waals surface area contributed by atoms with E-state index in [9.17, 15) is 8.42 Å². The molecular formula is C15H27N3O2S. The van der Waals surface area contributed by atoms with Crippen LogP contribution in [-0.2, 0) is 10.0 Å². The predicted molar refractivity (Wildman–Crippen MR) is 87.8 cm³/mol. The molecule has 0 heterocycles. The SMILES string of the molecule is CCC(CCN)CNc1ccc(S(=O)(=O)NC(C)C)cc1. The molecule has 0 spiro atoms. The minimum absolute atomic E-state index is 0.116. The molecule has 0 radical (unpaired) electrons. The van der Waals surface area contributed by atoms with E-state index >= 15 is 0 Å². The van der Waals surface area contributed by atoms with Crippen molar-refractivity contribution in [3.8, 4) is 0 Å². The largest absolute Gasteiger partial charge is 0.385 e. The minimum atomic E-state index is -3.42. The predicted octanol–water partition coefficient (Wildman–Crippen LogP) is 2.16. The molecule has 0 aliphatic carbocycles. The second-order valence-corrected chi connectivity index (χ2v) is 7.25. The molecular weight excluding hydrogens is 286 g/mol. The monoisotopic (exact) mass is 313 g/mol. The summed E-state index contributed by atoms with van der Waals surface area (Å²) in [5, 5.41) is 3.33. The van der Waals surface area contributed by atoms with Gasteiger partial charge in [-0.05, 0) is 57.0 Å². The van der Waals surface area contributed by atoms with Gasteiger partial charge in [0.15, 0.2) is 0 Å². The normalized spacial score (nSPS) is 13.4. The third-order valence-corrected chi connectivity index (χ3v) is 4.98. The van der Waals surface area contributed by atoms with Gasteiger partial charge in [-0.25, -0.2) is 13.1 Å². The second kappa shape index (κ2) is 8.36. The van der Waals surface area contributed by atoms with E-state index < -0.39 is 10.0 Å². The van der Waals surface area contributed by atoms with E-state index in [1.165, 1.54) is 0 Å². The highest BCUT2D eigenvalue weighted by molar-refractivity contribution is 7.89. The molecule has 0 aromatic heterocycles. The number of benzene rings is 1. The van der Waals surface area contributed by atoms with Crippen LogP contribution in [0.25, 0.3) is 0 Å². The van der Waals surface area contributed by atoms with E-state index in [1.807, 2.05) is 0 Å². The molecule has 0 saturated carbocycles. The van der Waals surface area contributed by atoms with Crippen molar-refractivity contribution in [3.63, 3.8) is 0 Å². The fourth-order valence-corrected chi connectivity index (χ4v) is 3.33. The van der Waals surface area contributed by atoms with Crippen molar-refractivity contribution >= 4 is 15.7 Å². The molecule has 6 heteroatoms. The summed E-state index contributed by atoms with van der Waals surface area (Å²) in [6, 6.07) is 6.72. The molecule has 0 aliphatic rings. The average molecular weight is 313 g/mol. The first kappa shape index (κ1) is 17.9. The molecule has 0 bridgehead atoms. The van der Waals surface area contributed by atoms with Crippen LogP contribution in [0.1, 0.15) is 33.6 Å². The van der Waals surface area contributed by atoms with Crippen LogP contribution in [0.4, 0.5) is 5.69 Å². The van der Waals surface area contributed by atoms with Crippen LogP contribution < -0.4 is 15.8 Å². The molecule has 0 aliphatic heterocycles. The van der Waals surface area contributed by atoms with Crippen LogP contribution in [0.3, 0.4) is 0 Å². The summed E-state index contributed by atoms with van der Waals surface area (Å²) in [5.41, 5.74) is 6.50. The number of nitrogens with two attached hydrogens (primary N) is 1. The summed E-state index contributed by atoms with van der Waals surface area (Å²) >= 11 is 0. The zero-order valence-corrected chi connectivity index (χ0v) is 13.9. The van der Waals surface area contributed by atoms with Crippen LogP contribution in [0.5, 0.6) is 0 Å². The van der Waals surface area contributed by atoms with Gasteiger partial charge < -0.3 is 11.1 Å². The van der Waals surface area contributed by atoms with Gasteiger partial charge in [-0.15, -0.1) is 0 Å². The fourth-order valence-electron chi connectivity index (χ4n) is 2.08. The molecule has 21 heavy (non-hydrogen) atoms. The highest BCUT2D eigenvalue weighted by atomic mass is 32.2. The van der Waals surface area contributed by atoms with Gasteiger partial charge >= 0.3 is 0 Å². The Morgan fingerprint density at radius 2 is 1.81 bits per heavy atom. The molecule has 1 atom stereocenters. The number of nitrogens with one attached hydrogen (secondary N) is 2. The van der Waals surface area contributed by atoms with Gasteiger partial charge in [-0.2, -0.15) is 0 Å². The maximum absolute atomic E-state index is 12.0. The van der Waals surface area contributed by atoms with Crippen molar-refractivity contribution in [1.29, 1.82) is 0 Å². The van der Waals surface area contributed by atoms with Gasteiger partial charge in [0.2, 0.25) is 10.0 Å². The molecule has 1 aromatic rings. The fraction of sp³-hybridized carbons (Fsp3) is 0.600. The number of hydrogen-bond donors (Lipinski definition) is 3. The van der Waals surface area contributed by atoms with Crippen molar-refractivity contribution in [2.45, 2.75) is 44.6 Å². The van der Waals surface area contributed by atoms with Gasteiger partial charge in [0.1, 0.15) is 0 Å². The Labute approximate surface area is 128 Å². The summed E-state index contributed by atoms with van der Waals surface area (Å²) in [6.07, 6.45) is 2.07. The Morgan fingerprint density at radius 1 is 1.19 bits per heavy atom. The first-order valence-corrected chi connectivity index (χ1v) is 8.93. The summed E-state index contributed by atoms with van der Waals surface area (Å²) in [7, 11) is -3.42. The number of hydrogen-bond acceptors (Lipinski definition) is 4. The maximum Gasteiger partial charge on any atom is 0.240 e. The highest BCUT2D eigenvalue weighted by Crippen LogP contribution is 2.16. The Morgan fingerprint density at radius 3 is 2.29 bits per heavy atom. The van der Waals surface area contributed by atoms with E-state index in [0.29, 0.717) is 12.5 Å². The molecule has 0 amide bonds. The Balaban J connectivity index is 2.66. The van der Waals surface area contributed by atoms with Crippen LogP contribution in [0.2, 0.25) is 0 Å². The van der Waals surface area contributed by atoms with E-state index in [4.69, 9.17) is 5.73 Å². The van der Waals surface area contributed by atoms with Crippen LogP contribution in [0.15, 0.2) is 29.2 Å². The molecule has 1 rings (SSSR count). The Hall–Kier alpha value is -1.11. The van der Waals surface area contributed by atoms with Crippen LogP contribution in [-0.4, -0.2) is 27.5 Å². The summed E-state index contributed by atoms with van der Waals surface area (Å²) < 4.78 is 26.6. The summed E-state index contributed by atoms with van der Waals surface area (Å²) in [6.45, 7) is 7.29. The van der Waals surface area contributed by atoms with E-state index in [-0.39, 0.29) is 10.9 Å². The molecule has 120 valence electrons. The summed E-state index contributed by atoms with van der Waals surface area (Å²) in [4.78, 5) is 0.288. The molecule has 1 aromatic carbocycles. The highest BCUT2D eigenvalue weighted by Gasteiger charge is 2.14. The smallest absolute Gasteiger partial charge is 0.240 e. The maximum atomic E-state index is 12.0. The zero-order valence-electron chi connectivity index (χ0n) is 13.1. The van der Waals surface area contributed by atoms with Crippen molar-refractivity contribution < 1.29 is 8.42 Å². The number of sulfonamides is 1. The summed E-state index contributed by atoms with van der Waals surface area (Å²) in [5.74, 6) is 0.543. The average Bonchev–Trinajstić information content (AvgIpc) is 2.42. The molecule has 5 nitrogen and oxygen atoms in total. The lowest BCUT2D eigenvalue weighted by molar-refractivity contribution is 0.501. The molecule has 0 fully saturated rings. The van der Waals surface area contributed by atoms with Crippen molar-refractivity contribution in [3.05, 3.63) is 24.3 Å². The third-order valence-electron chi connectivity index (χ3n) is 3.30. The van der Waals surface area contributed by atoms with Crippen molar-refractivity contribution in [2.24, 2.45) is 11.7 Å². The molecule has 0 saturated heterocycles. The quantitative estimate of drug-likeness (QED) is 0.652. The van der Waals surface area contributed by atoms with Crippen LogP contribution >= 0.6 is 0 Å². The van der Waals surface area contributed by atoms with Gasteiger partial charge in [0.05, 0.1) is 4.90 Å². The first-order chi connectivity index (χ1) is 9.89. The number of anilines is 1. The standard InChI is InChI=1S/C15H27N3O2S/c1-4-13(9-10-16)11-17-14-5-7-15(8-6-14)21(19,20)18-12(2)3/h5-8,12-13,17-18H,4,9-11,16H2,1-3H3. The van der Waals surface area contributed by atoms with Gasteiger partial charge in [0, 0.05) is 18.3 Å². The van der Waals surface area contributed by atoms with Crippen molar-refractivity contribution in [1.82, 2.24) is 4.72 Å². The Kier molecular flexibility index (Phi) is 7.14. The van der Waals surface area contributed by atoms with Gasteiger partial charge in [-0.3, -0.25) is 0 Å². The van der Waals surface area contributed by atoms with Gasteiger partial charge in [0.25, 0.3) is 0 Å². The minimum Gasteiger partial charge on any atom is -0.385 e. The van der Waals surface area contributed by atoms with Gasteiger partial charge in [-0.1, -0.05) is 13.3 Å². The lowest BCUT2D eigenvalue weighted by Crippen LogP contribution is -2.30. The zero-order chi connectivity index (χ0) is 15.9. The molecule has 1 unspecified atom stereocenters. The third kappa shape index (κ3) is 6.03. The van der Waals surface area contributed by atoms with E-state index in [1.54, 1.807) is 38.1 Å². The number of rotatable bonds is 9. The second-order valence-electron chi connectivity index (χ2n) is 5.53. The van der Waals surface area contributed by atoms with Crippen LogP contribution in [0, 0.1) is 5.92 Å².